The second-order valence-corrected chi connectivity index (χ2v) is 38.1. The minimum Gasteiger partial charge on any atom is -0.496 e. The van der Waals surface area contributed by atoms with Crippen LogP contribution in [0.3, 0.4) is 0 Å². The molecule has 2 amide bonds. The van der Waals surface area contributed by atoms with E-state index in [4.69, 9.17) is 75.8 Å². The molecule has 149 heavy (non-hydrogen) atoms. The quantitative estimate of drug-likeness (QED) is 0.0158. The van der Waals surface area contributed by atoms with Crippen molar-refractivity contribution in [1.29, 1.82) is 0 Å². The van der Waals surface area contributed by atoms with Crippen LogP contribution >= 0.6 is 0 Å². The number of hydrogen-bond donors (Lipinski definition) is 8. The molecule has 22 rings (SSSR count). The number of esters is 2. The van der Waals surface area contributed by atoms with E-state index in [0.29, 0.717) is 125 Å². The molecule has 34 heteroatoms. The van der Waals surface area contributed by atoms with Gasteiger partial charge in [0.15, 0.2) is 85.8 Å². The Morgan fingerprint density at radius 2 is 0.752 bits per heavy atom. The number of fused-ring (bicyclic) bond motifs is 14. The number of aldehydes is 2. The van der Waals surface area contributed by atoms with Gasteiger partial charge in [-0.15, -0.1) is 0 Å². The fourth-order valence-corrected chi connectivity index (χ4v) is 24.5. The monoisotopic (exact) mass is 2030 g/mol. The maximum Gasteiger partial charge on any atom is 0.313 e. The molecule has 0 bridgehead atoms. The molecule has 6 aliphatic heterocycles. The molecular weight excluding hydrogens is 1920 g/mol. The van der Waals surface area contributed by atoms with Crippen molar-refractivity contribution in [2.24, 2.45) is 17.8 Å². The Hall–Kier alpha value is -15.9. The number of carbonyl (C=O) groups is 8. The molecule has 4 fully saturated rings. The maximum atomic E-state index is 14.0. The summed E-state index contributed by atoms with van der Waals surface area (Å²) in [5.41, 5.74) is -6.89. The van der Waals surface area contributed by atoms with Crippen molar-refractivity contribution in [3.63, 3.8) is 0 Å². The predicted molar refractivity (Wildman–Crippen MR) is 529 cm³/mol. The van der Waals surface area contributed by atoms with Crippen molar-refractivity contribution < 1.29 is 155 Å². The highest BCUT2D eigenvalue weighted by molar-refractivity contribution is 5.98. The highest BCUT2D eigenvalue weighted by Crippen LogP contribution is 2.76. The Labute approximate surface area is 855 Å². The van der Waals surface area contributed by atoms with Gasteiger partial charge in [0.25, 0.3) is 6.47 Å². The predicted octanol–water partition coefficient (Wildman–Crippen LogP) is 11.4. The lowest BCUT2D eigenvalue weighted by atomic mass is 9.70. The highest BCUT2D eigenvalue weighted by Gasteiger charge is 2.83. The first-order chi connectivity index (χ1) is 71.8. The standard InChI is InChI=1S/C31H31NO8.C29H29NO7.C29H26O10.C26H22O7/c1-18(35)39-28-25(29(36)32(2)3)26(21-8-6-5-7-9-21)31(22-12-10-19(16-33)11-13-22)30(28,37)27-23(38-4)14-20(17-34)15-24(27)40-31;1-30(2)27(34)23-24(19-7-5-4-6-8-19)29(20-11-9-17(15-31)10-12-20)28(35,26(23)33)25-21(36-3)13-18(16-32)14-22(25)37-29;1-34-21-10-16(13-30)11-22-25(21)28(33)26(36-14-31)23(27(32)35-2)24(17-6-4-3-5-7-17)29(28,39-22)18-8-9-19-20(12-18)38-15-37-19;1-29-17-11-21(30-2)24-22(12-17)33-26(16-8-9-19-20(10-16)32-14-31-19)18(13-23(27)25(24,26)28)15-6-4-3-5-7-15/h5-16,25-26,28,34,37H,17H2,1-4H3;4-15,23-24,26,32-33,35H,16H2,1-3H3;3-12,14,23-24,26,30,33H,13,15H2,1-2H3;3-12,18,28H,13-14H2,1-2H3/t25-,26-,28-,30+,31+;2*23-,24-,26-,28+,29+;18-,25+,26-/m1110/s1. The van der Waals surface area contributed by atoms with Gasteiger partial charge in [0.05, 0.1) is 96.6 Å². The number of amides is 2. The van der Waals surface area contributed by atoms with Gasteiger partial charge in [-0.25, -0.2) is 0 Å². The topological polar surface area (TPSA) is 453 Å². The Kier molecular flexibility index (Phi) is 26.9. The number of ketones is 1. The SMILES string of the molecule is COC(=O)[C@H]1[C@@H](OC=O)[C@@]2(O)c3c(OC)cc(CO)cc3O[C@@]2(c2ccc3c(c2)OCO3)[C@@H]1c1ccccc1.COc1cc(CO)cc2c1[C@]1(O)[C@H](O)[C@H](C(=O)N(C)C)[C@@H](c3ccccc3)[C@]1(c1ccc(C=O)cc1)O2.COc1cc(CO)cc2c1[C@]1(O)[C@H](OC(C)=O)[C@H](C(=O)N(C)C)[C@@H](c3ccccc3)[C@]1(c1ccc(C=O)cc1)O2.COc1cc(OC)c2c(c1)O[C@@]1(c3ccc4c(c3)OCO4)[C@H](c3ccccc3)CC(=O)[C@@]21O. The van der Waals surface area contributed by atoms with Crippen molar-refractivity contribution in [1.82, 2.24) is 9.80 Å². The molecule has 34 nitrogen and oxygen atoms in total. The molecule has 12 aromatic rings. The third kappa shape index (κ3) is 15.2. The van der Waals surface area contributed by atoms with Gasteiger partial charge in [0.1, 0.15) is 76.3 Å². The van der Waals surface area contributed by atoms with Crippen LogP contribution in [0.25, 0.3) is 0 Å². The molecule has 770 valence electrons. The van der Waals surface area contributed by atoms with E-state index < -0.39 is 116 Å². The van der Waals surface area contributed by atoms with Gasteiger partial charge in [-0.1, -0.05) is 182 Å². The van der Waals surface area contributed by atoms with Crippen LogP contribution in [0.15, 0.2) is 255 Å². The van der Waals surface area contributed by atoms with E-state index in [2.05, 4.69) is 0 Å². The van der Waals surface area contributed by atoms with Crippen molar-refractivity contribution in [2.75, 3.05) is 84.4 Å². The van der Waals surface area contributed by atoms with E-state index in [-0.39, 0.29) is 115 Å². The summed E-state index contributed by atoms with van der Waals surface area (Å²) in [6.07, 6.45) is -2.92. The number of aliphatic hydroxyl groups excluding tert-OH is 4. The summed E-state index contributed by atoms with van der Waals surface area (Å²) in [6, 6.07) is 73.4. The first-order valence-electron chi connectivity index (χ1n) is 47.8. The fourth-order valence-electron chi connectivity index (χ4n) is 24.5. The van der Waals surface area contributed by atoms with E-state index >= 15 is 0 Å². The summed E-state index contributed by atoms with van der Waals surface area (Å²) < 4.78 is 93.9. The van der Waals surface area contributed by atoms with Crippen molar-refractivity contribution in [2.45, 2.75) is 120 Å². The second-order valence-electron chi connectivity index (χ2n) is 38.1. The van der Waals surface area contributed by atoms with Crippen LogP contribution in [0, 0.1) is 17.8 Å². The number of carbonyl (C=O) groups excluding carboxylic acids is 8. The first-order valence-corrected chi connectivity index (χ1v) is 47.8. The van der Waals surface area contributed by atoms with Gasteiger partial charge in [0.2, 0.25) is 25.4 Å². The van der Waals surface area contributed by atoms with Gasteiger partial charge in [-0.05, 0) is 111 Å². The molecule has 0 radical (unpaired) electrons. The van der Waals surface area contributed by atoms with Crippen LogP contribution < -0.4 is 61.6 Å². The summed E-state index contributed by atoms with van der Waals surface area (Å²) in [7, 11) is 14.9. The lowest BCUT2D eigenvalue weighted by Gasteiger charge is -2.41. The van der Waals surface area contributed by atoms with Gasteiger partial charge in [-0.2, -0.15) is 0 Å². The largest absolute Gasteiger partial charge is 0.496 e. The molecular formula is C115H108N2O32. The Bertz CT molecular complexity index is 7200. The van der Waals surface area contributed by atoms with Gasteiger partial charge in [-0.3, -0.25) is 38.4 Å². The number of rotatable bonds is 24. The van der Waals surface area contributed by atoms with Gasteiger partial charge < -0.3 is 126 Å². The summed E-state index contributed by atoms with van der Waals surface area (Å²) in [5.74, 6) is -4.34. The van der Waals surface area contributed by atoms with E-state index in [1.807, 2.05) is 115 Å². The number of methoxy groups -OCH3 is 6. The normalized spacial score (nSPS) is 27.1. The molecule has 12 aromatic carbocycles. The number of ether oxygens (including phenoxy) is 16. The number of Topliss-reactive ketones (excluding diaryl/α,β-unsaturated/α-hetero) is 1. The lowest BCUT2D eigenvalue weighted by Crippen LogP contribution is -2.53. The molecule has 0 unspecified atom stereocenters. The number of nitrogens with zero attached hydrogens (tertiary/aromatic N) is 2. The van der Waals surface area contributed by atoms with Gasteiger partial charge >= 0.3 is 11.9 Å². The average molecular weight is 2030 g/mol. The van der Waals surface area contributed by atoms with E-state index in [1.54, 1.807) is 168 Å². The summed E-state index contributed by atoms with van der Waals surface area (Å²) in [4.78, 5) is 105. The van der Waals surface area contributed by atoms with Crippen LogP contribution in [0.2, 0.25) is 0 Å². The fraction of sp³-hybridized carbons (Fsp3) is 0.304. The smallest absolute Gasteiger partial charge is 0.313 e. The maximum absolute atomic E-state index is 14.0. The van der Waals surface area contributed by atoms with Crippen molar-refractivity contribution in [3.8, 4) is 74.7 Å². The van der Waals surface area contributed by atoms with Crippen LogP contribution in [0.1, 0.15) is 141 Å². The minimum atomic E-state index is -2.16. The Morgan fingerprint density at radius 3 is 1.15 bits per heavy atom. The number of aliphatic hydroxyl groups is 8. The molecule has 0 saturated heterocycles. The van der Waals surface area contributed by atoms with E-state index in [1.165, 1.54) is 59.4 Å². The summed E-state index contributed by atoms with van der Waals surface area (Å²) in [6.45, 7) is 0.632. The molecule has 0 aromatic heterocycles. The molecule has 8 N–H and O–H groups in total. The molecule has 4 saturated carbocycles. The van der Waals surface area contributed by atoms with Crippen LogP contribution in [0.4, 0.5) is 0 Å². The minimum absolute atomic E-state index is 0.0224. The van der Waals surface area contributed by atoms with Crippen LogP contribution in [-0.4, -0.2) is 202 Å². The zero-order valence-corrected chi connectivity index (χ0v) is 82.8. The average Bonchev–Trinajstić information content (AvgIpc) is 1.49. The second kappa shape index (κ2) is 39.4. The van der Waals surface area contributed by atoms with E-state index in [9.17, 15) is 79.2 Å². The van der Waals surface area contributed by atoms with Crippen molar-refractivity contribution >= 4 is 48.6 Å². The molecule has 10 aliphatic rings. The number of hydrogen-bond acceptors (Lipinski definition) is 32. The summed E-state index contributed by atoms with van der Waals surface area (Å²) in [5, 5.41) is 92.9. The zero-order valence-electron chi connectivity index (χ0n) is 82.8. The highest BCUT2D eigenvalue weighted by atomic mass is 16.7. The molecule has 4 aliphatic carbocycles. The molecule has 18 atom stereocenters. The third-order valence-electron chi connectivity index (χ3n) is 30.5. The van der Waals surface area contributed by atoms with Gasteiger partial charge in [0, 0.05) is 99.6 Å². The Morgan fingerprint density at radius 1 is 0.389 bits per heavy atom. The lowest BCUT2D eigenvalue weighted by molar-refractivity contribution is -0.184. The first kappa shape index (κ1) is 102. The summed E-state index contributed by atoms with van der Waals surface area (Å²) >= 11 is 0. The van der Waals surface area contributed by atoms with Crippen molar-refractivity contribution in [3.05, 3.63) is 349 Å². The van der Waals surface area contributed by atoms with Crippen LogP contribution in [0.5, 0.6) is 74.7 Å². The van der Waals surface area contributed by atoms with Crippen LogP contribution in [-0.2, 0) is 108 Å². The third-order valence-corrected chi connectivity index (χ3v) is 30.5. The Balaban J connectivity index is 0.000000125. The molecule has 6 heterocycles. The zero-order chi connectivity index (χ0) is 106. The van der Waals surface area contributed by atoms with E-state index in [0.717, 1.165) is 5.56 Å². The number of benzene rings is 12. The molecule has 0 spiro atoms.